The smallest absolute Gasteiger partial charge is 0.191 e. The fraction of sp³-hybridized carbons (Fsp3) is 0.370. The Balaban J connectivity index is 1.30. The first-order valence-corrected chi connectivity index (χ1v) is 13.1. The molecule has 182 valence electrons. The van der Waals surface area contributed by atoms with Gasteiger partial charge in [0.1, 0.15) is 11.6 Å². The van der Waals surface area contributed by atoms with Crippen LogP contribution in [0.1, 0.15) is 47.0 Å². The molecule has 8 heteroatoms. The molecule has 4 aromatic rings. The van der Waals surface area contributed by atoms with Crippen LogP contribution in [0, 0.1) is 12.7 Å². The van der Waals surface area contributed by atoms with Crippen molar-refractivity contribution in [3.05, 3.63) is 94.8 Å². The van der Waals surface area contributed by atoms with E-state index in [9.17, 15) is 4.39 Å². The maximum Gasteiger partial charge on any atom is 0.191 e. The highest BCUT2D eigenvalue weighted by Gasteiger charge is 2.27. The zero-order chi connectivity index (χ0) is 24.2. The number of aromatic nitrogens is 5. The molecule has 1 saturated heterocycles. The largest absolute Gasteiger partial charge is 0.301 e. The van der Waals surface area contributed by atoms with Gasteiger partial charge in [0.15, 0.2) is 5.16 Å². The molecule has 0 N–H and O–H groups in total. The van der Waals surface area contributed by atoms with Gasteiger partial charge in [0, 0.05) is 37.0 Å². The van der Waals surface area contributed by atoms with Crippen molar-refractivity contribution in [1.82, 2.24) is 29.4 Å². The van der Waals surface area contributed by atoms with E-state index in [1.54, 1.807) is 11.8 Å². The summed E-state index contributed by atoms with van der Waals surface area (Å²) in [4.78, 5) is 2.52. The molecule has 3 heterocycles. The number of nitrogens with zero attached hydrogens (tertiary/aromatic N) is 6. The van der Waals surface area contributed by atoms with Gasteiger partial charge in [-0.3, -0.25) is 9.58 Å². The third-order valence-corrected chi connectivity index (χ3v) is 7.71. The fourth-order valence-corrected chi connectivity index (χ4v) is 5.65. The topological polar surface area (TPSA) is 51.8 Å². The average molecular weight is 491 g/mol. The molecular weight excluding hydrogens is 459 g/mol. The fourth-order valence-electron chi connectivity index (χ4n) is 4.75. The van der Waals surface area contributed by atoms with Crippen LogP contribution in [0.2, 0.25) is 0 Å². The number of thioether (sulfide) groups is 1. The SMILES string of the molecule is Cc1nn(C)cc1CN1CCC(c2nnc(SCc3ccc(F)cc3)n2Cc2ccccc2)CC1. The van der Waals surface area contributed by atoms with E-state index in [-0.39, 0.29) is 5.82 Å². The quantitative estimate of drug-likeness (QED) is 0.319. The Hall–Kier alpha value is -2.97. The van der Waals surface area contributed by atoms with Gasteiger partial charge in [0.25, 0.3) is 0 Å². The van der Waals surface area contributed by atoms with Gasteiger partial charge in [0.2, 0.25) is 0 Å². The van der Waals surface area contributed by atoms with Crippen LogP contribution in [0.5, 0.6) is 0 Å². The number of aryl methyl sites for hydroxylation is 2. The second-order valence-electron chi connectivity index (χ2n) is 9.29. The predicted octanol–water partition coefficient (Wildman–Crippen LogP) is 5.18. The molecule has 0 saturated carbocycles. The summed E-state index contributed by atoms with van der Waals surface area (Å²) < 4.78 is 17.5. The first-order valence-electron chi connectivity index (χ1n) is 12.1. The van der Waals surface area contributed by atoms with Crippen molar-refractivity contribution in [2.75, 3.05) is 13.1 Å². The van der Waals surface area contributed by atoms with Gasteiger partial charge in [0.05, 0.1) is 12.2 Å². The lowest BCUT2D eigenvalue weighted by atomic mass is 9.95. The molecule has 0 unspecified atom stereocenters. The normalized spacial score (nSPS) is 15.1. The second kappa shape index (κ2) is 10.7. The summed E-state index contributed by atoms with van der Waals surface area (Å²) in [5, 5.41) is 14.7. The van der Waals surface area contributed by atoms with Crippen molar-refractivity contribution >= 4 is 11.8 Å². The number of halogens is 1. The number of piperidine rings is 1. The lowest BCUT2D eigenvalue weighted by molar-refractivity contribution is 0.199. The Morgan fingerprint density at radius 3 is 2.37 bits per heavy atom. The van der Waals surface area contributed by atoms with E-state index in [2.05, 4.69) is 62.1 Å². The highest BCUT2D eigenvalue weighted by molar-refractivity contribution is 7.98. The van der Waals surface area contributed by atoms with Crippen molar-refractivity contribution in [3.8, 4) is 0 Å². The first kappa shape index (κ1) is 23.8. The molecule has 0 spiro atoms. The minimum absolute atomic E-state index is 0.210. The molecule has 0 amide bonds. The number of hydrogen-bond acceptors (Lipinski definition) is 5. The summed E-state index contributed by atoms with van der Waals surface area (Å²) in [6, 6.07) is 17.2. The Morgan fingerprint density at radius 1 is 0.943 bits per heavy atom. The molecule has 0 bridgehead atoms. The van der Waals surface area contributed by atoms with E-state index in [1.165, 1.54) is 23.3 Å². The van der Waals surface area contributed by atoms with Crippen molar-refractivity contribution in [2.45, 2.75) is 49.7 Å². The van der Waals surface area contributed by atoms with Crippen LogP contribution >= 0.6 is 11.8 Å². The molecule has 5 rings (SSSR count). The van der Waals surface area contributed by atoms with Gasteiger partial charge in [-0.2, -0.15) is 5.10 Å². The summed E-state index contributed by atoms with van der Waals surface area (Å²) in [6.07, 6.45) is 4.26. The van der Waals surface area contributed by atoms with E-state index < -0.39 is 0 Å². The third-order valence-electron chi connectivity index (χ3n) is 6.67. The minimum atomic E-state index is -0.210. The van der Waals surface area contributed by atoms with Gasteiger partial charge in [-0.1, -0.05) is 54.2 Å². The highest BCUT2D eigenvalue weighted by atomic mass is 32.2. The van der Waals surface area contributed by atoms with Crippen LogP contribution < -0.4 is 0 Å². The second-order valence-corrected chi connectivity index (χ2v) is 10.2. The molecule has 0 radical (unpaired) electrons. The minimum Gasteiger partial charge on any atom is -0.301 e. The summed E-state index contributed by atoms with van der Waals surface area (Å²) in [5.74, 6) is 1.99. The van der Waals surface area contributed by atoms with Crippen molar-refractivity contribution in [2.24, 2.45) is 7.05 Å². The first-order chi connectivity index (χ1) is 17.0. The number of rotatable bonds is 8. The standard InChI is InChI=1S/C27H31FN6S/c1-20-24(17-32(2)31-20)18-33-14-12-23(13-15-33)26-29-30-27(34(26)16-21-6-4-3-5-7-21)35-19-22-8-10-25(28)11-9-22/h3-11,17,23H,12-16,18-19H2,1-2H3. The summed E-state index contributed by atoms with van der Waals surface area (Å²) in [6.45, 7) is 5.86. The molecule has 1 fully saturated rings. The van der Waals surface area contributed by atoms with Crippen molar-refractivity contribution in [3.63, 3.8) is 0 Å². The van der Waals surface area contributed by atoms with Crippen molar-refractivity contribution in [1.29, 1.82) is 0 Å². The molecule has 0 aliphatic carbocycles. The third kappa shape index (κ3) is 5.82. The Labute approximate surface area is 210 Å². The number of hydrogen-bond donors (Lipinski definition) is 0. The molecule has 2 aromatic carbocycles. The summed E-state index contributed by atoms with van der Waals surface area (Å²) >= 11 is 1.66. The maximum atomic E-state index is 13.3. The Morgan fingerprint density at radius 2 is 1.69 bits per heavy atom. The number of benzene rings is 2. The van der Waals surface area contributed by atoms with Crippen molar-refractivity contribution < 1.29 is 4.39 Å². The van der Waals surface area contributed by atoms with Crippen LogP contribution in [-0.4, -0.2) is 42.5 Å². The Bertz CT molecular complexity index is 1240. The summed E-state index contributed by atoms with van der Waals surface area (Å²) in [5.41, 5.74) is 4.73. The zero-order valence-electron chi connectivity index (χ0n) is 20.3. The van der Waals surface area contributed by atoms with E-state index in [4.69, 9.17) is 0 Å². The van der Waals surface area contributed by atoms with Gasteiger partial charge >= 0.3 is 0 Å². The monoisotopic (exact) mass is 490 g/mol. The lowest BCUT2D eigenvalue weighted by Crippen LogP contribution is -2.33. The molecule has 1 aliphatic heterocycles. The predicted molar refractivity (Wildman–Crippen MR) is 137 cm³/mol. The van der Waals surface area contributed by atoms with E-state index in [0.717, 1.165) is 67.0 Å². The summed E-state index contributed by atoms with van der Waals surface area (Å²) in [7, 11) is 1.98. The van der Waals surface area contributed by atoms with E-state index in [1.807, 2.05) is 29.9 Å². The lowest BCUT2D eigenvalue weighted by Gasteiger charge is -2.31. The van der Waals surface area contributed by atoms with E-state index >= 15 is 0 Å². The van der Waals surface area contributed by atoms with Crippen LogP contribution in [0.3, 0.4) is 0 Å². The molecule has 1 aliphatic rings. The van der Waals surface area contributed by atoms with Gasteiger partial charge < -0.3 is 4.57 Å². The van der Waals surface area contributed by atoms with Crippen LogP contribution in [-0.2, 0) is 25.9 Å². The van der Waals surface area contributed by atoms with Crippen LogP contribution in [0.4, 0.5) is 4.39 Å². The zero-order valence-corrected chi connectivity index (χ0v) is 21.1. The van der Waals surface area contributed by atoms with Gasteiger partial charge in [-0.25, -0.2) is 4.39 Å². The molecule has 6 nitrogen and oxygen atoms in total. The van der Waals surface area contributed by atoms with Gasteiger partial charge in [-0.15, -0.1) is 10.2 Å². The average Bonchev–Trinajstić information content (AvgIpc) is 3.41. The Kier molecular flexibility index (Phi) is 7.29. The van der Waals surface area contributed by atoms with E-state index in [0.29, 0.717) is 5.92 Å². The highest BCUT2D eigenvalue weighted by Crippen LogP contribution is 2.32. The molecular formula is C27H31FN6S. The van der Waals surface area contributed by atoms with Crippen LogP contribution in [0.15, 0.2) is 66.0 Å². The maximum absolute atomic E-state index is 13.3. The van der Waals surface area contributed by atoms with Crippen LogP contribution in [0.25, 0.3) is 0 Å². The molecule has 0 atom stereocenters. The van der Waals surface area contributed by atoms with Gasteiger partial charge in [-0.05, 0) is 56.1 Å². The molecule has 35 heavy (non-hydrogen) atoms. The number of likely N-dealkylation sites (tertiary alicyclic amines) is 1. The molecule has 2 aromatic heterocycles.